The van der Waals surface area contributed by atoms with E-state index in [1.807, 2.05) is 42.5 Å². The molecule has 4 N–H and O–H groups in total. The number of hydrogen-bond acceptors (Lipinski definition) is 6. The lowest BCUT2D eigenvalue weighted by Crippen LogP contribution is -2.35. The van der Waals surface area contributed by atoms with Gasteiger partial charge in [-0.15, -0.1) is 0 Å². The maximum atomic E-state index is 13.3. The molecule has 9 heteroatoms. The third-order valence-electron chi connectivity index (χ3n) is 6.44. The molecule has 1 unspecified atom stereocenters. The number of fused-ring (bicyclic) bond motifs is 1. The smallest absolute Gasteiger partial charge is 0.305 e. The van der Waals surface area contributed by atoms with E-state index in [-0.39, 0.29) is 18.2 Å². The fourth-order valence-corrected chi connectivity index (χ4v) is 4.56. The van der Waals surface area contributed by atoms with Crippen LogP contribution in [0, 0.1) is 0 Å². The number of aliphatic carboxylic acids is 1. The third-order valence-corrected chi connectivity index (χ3v) is 6.44. The van der Waals surface area contributed by atoms with E-state index in [0.29, 0.717) is 23.4 Å². The molecule has 2 heterocycles. The van der Waals surface area contributed by atoms with Crippen LogP contribution < -0.4 is 16.0 Å². The van der Waals surface area contributed by atoms with E-state index in [9.17, 15) is 19.5 Å². The minimum Gasteiger partial charge on any atom is -0.481 e. The number of carbonyl (C=O) groups excluding carboxylic acids is 2. The maximum Gasteiger partial charge on any atom is 0.305 e. The molecule has 2 aliphatic rings. The number of nitrogens with one attached hydrogen (secondary N) is 3. The first-order chi connectivity index (χ1) is 18.0. The van der Waals surface area contributed by atoms with Crippen molar-refractivity contribution in [2.75, 3.05) is 23.7 Å². The Bertz CT molecular complexity index is 1350. The normalized spacial score (nSPS) is 15.3. The van der Waals surface area contributed by atoms with Gasteiger partial charge in [0.25, 0.3) is 11.8 Å². The Balaban J connectivity index is 1.28. The molecule has 0 spiro atoms. The molecule has 0 aliphatic carbocycles. The summed E-state index contributed by atoms with van der Waals surface area (Å²) in [5, 5.41) is 18.7. The topological polar surface area (TPSA) is 123 Å². The van der Waals surface area contributed by atoms with E-state index in [2.05, 4.69) is 20.9 Å². The van der Waals surface area contributed by atoms with Gasteiger partial charge in [0, 0.05) is 42.1 Å². The van der Waals surface area contributed by atoms with Crippen LogP contribution in [0.4, 0.5) is 11.4 Å². The van der Waals surface area contributed by atoms with Crippen LogP contribution in [0.3, 0.4) is 0 Å². The van der Waals surface area contributed by atoms with E-state index in [1.165, 1.54) is 0 Å². The number of guanidine groups is 1. The predicted molar refractivity (Wildman–Crippen MR) is 141 cm³/mol. The summed E-state index contributed by atoms with van der Waals surface area (Å²) in [5.74, 6) is -0.807. The summed E-state index contributed by atoms with van der Waals surface area (Å²) in [5.41, 5.74) is 3.82. The number of anilines is 2. The van der Waals surface area contributed by atoms with Crippen LogP contribution >= 0.6 is 0 Å². The zero-order valence-electron chi connectivity index (χ0n) is 20.1. The highest BCUT2D eigenvalue weighted by Crippen LogP contribution is 2.34. The molecule has 9 nitrogen and oxygen atoms in total. The highest BCUT2D eigenvalue weighted by molar-refractivity contribution is 6.06. The van der Waals surface area contributed by atoms with Gasteiger partial charge >= 0.3 is 5.97 Å². The standard InChI is InChI=1S/C28H27N5O4/c34-25(35)16-24(18-5-2-1-3-6-18)33-17-20-9-12-22(15-23(20)27(33)37)31-26(36)19-7-10-21(11-8-19)32-28-29-13-4-14-30-28/h1-3,5-12,15,24H,4,13-14,16-17H2,(H,31,36)(H,34,35)(H2,29,30,32). The summed E-state index contributed by atoms with van der Waals surface area (Å²) in [6, 6.07) is 20.9. The monoisotopic (exact) mass is 497 g/mol. The molecule has 0 saturated heterocycles. The summed E-state index contributed by atoms with van der Waals surface area (Å²) >= 11 is 0. The quantitative estimate of drug-likeness (QED) is 0.393. The van der Waals surface area contributed by atoms with Crippen LogP contribution in [0.5, 0.6) is 0 Å². The fourth-order valence-electron chi connectivity index (χ4n) is 4.56. The van der Waals surface area contributed by atoms with Gasteiger partial charge < -0.3 is 26.0 Å². The Morgan fingerprint density at radius 1 is 1.03 bits per heavy atom. The molecule has 0 bridgehead atoms. The van der Waals surface area contributed by atoms with Crippen molar-refractivity contribution in [2.45, 2.75) is 25.4 Å². The van der Waals surface area contributed by atoms with Crippen LogP contribution in [0.1, 0.15) is 50.7 Å². The number of aliphatic imine (C=N–C) groups is 1. The average Bonchev–Trinajstić information content (AvgIpc) is 3.24. The number of rotatable bonds is 7. The van der Waals surface area contributed by atoms with Crippen LogP contribution in [0.2, 0.25) is 0 Å². The van der Waals surface area contributed by atoms with Gasteiger partial charge in [0.2, 0.25) is 0 Å². The molecule has 3 aromatic rings. The summed E-state index contributed by atoms with van der Waals surface area (Å²) in [7, 11) is 0. The highest BCUT2D eigenvalue weighted by atomic mass is 16.4. The first-order valence-corrected chi connectivity index (χ1v) is 12.2. The van der Waals surface area contributed by atoms with Crippen molar-refractivity contribution in [3.63, 3.8) is 0 Å². The van der Waals surface area contributed by atoms with Gasteiger partial charge in [-0.2, -0.15) is 0 Å². The van der Waals surface area contributed by atoms with E-state index in [4.69, 9.17) is 0 Å². The van der Waals surface area contributed by atoms with E-state index < -0.39 is 12.0 Å². The fraction of sp³-hybridized carbons (Fsp3) is 0.214. The first kappa shape index (κ1) is 24.1. The zero-order chi connectivity index (χ0) is 25.8. The number of hydrogen-bond donors (Lipinski definition) is 4. The zero-order valence-corrected chi connectivity index (χ0v) is 20.1. The van der Waals surface area contributed by atoms with Gasteiger partial charge in [-0.1, -0.05) is 36.4 Å². The lowest BCUT2D eigenvalue weighted by molar-refractivity contribution is -0.138. The van der Waals surface area contributed by atoms with Gasteiger partial charge in [-0.25, -0.2) is 0 Å². The third kappa shape index (κ3) is 5.45. The summed E-state index contributed by atoms with van der Waals surface area (Å²) in [4.78, 5) is 43.7. The molecule has 1 atom stereocenters. The van der Waals surface area contributed by atoms with Gasteiger partial charge in [-0.3, -0.25) is 19.4 Å². The second-order valence-electron chi connectivity index (χ2n) is 9.00. The van der Waals surface area contributed by atoms with Crippen molar-refractivity contribution in [3.8, 4) is 0 Å². The van der Waals surface area contributed by atoms with Crippen LogP contribution in [-0.2, 0) is 11.3 Å². The summed E-state index contributed by atoms with van der Waals surface area (Å²) < 4.78 is 0. The van der Waals surface area contributed by atoms with Crippen molar-refractivity contribution in [1.82, 2.24) is 10.2 Å². The number of carboxylic acid groups (broad SMARTS) is 1. The lowest BCUT2D eigenvalue weighted by atomic mass is 10.0. The van der Waals surface area contributed by atoms with Crippen molar-refractivity contribution in [1.29, 1.82) is 0 Å². The molecule has 2 amide bonds. The molecule has 3 aromatic carbocycles. The molecule has 2 aliphatic heterocycles. The Labute approximate surface area is 214 Å². The molecule has 0 aromatic heterocycles. The van der Waals surface area contributed by atoms with E-state index in [1.54, 1.807) is 35.2 Å². The Hall–Kier alpha value is -4.66. The van der Waals surface area contributed by atoms with Gasteiger partial charge in [0.15, 0.2) is 5.96 Å². The second kappa shape index (κ2) is 10.5. The molecule has 188 valence electrons. The van der Waals surface area contributed by atoms with E-state index >= 15 is 0 Å². The number of amides is 2. The molecule has 0 fully saturated rings. The van der Waals surface area contributed by atoms with Gasteiger partial charge in [0.1, 0.15) is 0 Å². The maximum absolute atomic E-state index is 13.3. The van der Waals surface area contributed by atoms with E-state index in [0.717, 1.165) is 42.3 Å². The highest BCUT2D eigenvalue weighted by Gasteiger charge is 2.34. The molecule has 5 rings (SSSR count). The average molecular weight is 498 g/mol. The number of carbonyl (C=O) groups is 3. The van der Waals surface area contributed by atoms with Crippen molar-refractivity contribution in [2.24, 2.45) is 4.99 Å². The molecule has 0 saturated carbocycles. The van der Waals surface area contributed by atoms with Gasteiger partial charge in [-0.05, 0) is 53.9 Å². The summed E-state index contributed by atoms with van der Waals surface area (Å²) in [6.45, 7) is 1.97. The Kier molecular flexibility index (Phi) is 6.85. The summed E-state index contributed by atoms with van der Waals surface area (Å²) in [6.07, 6.45) is 0.814. The molecular weight excluding hydrogens is 470 g/mol. The van der Waals surface area contributed by atoms with Crippen LogP contribution in [0.15, 0.2) is 77.8 Å². The molecule has 37 heavy (non-hydrogen) atoms. The minimum absolute atomic E-state index is 0.193. The van der Waals surface area contributed by atoms with Gasteiger partial charge in [0.05, 0.1) is 12.5 Å². The number of benzene rings is 3. The second-order valence-corrected chi connectivity index (χ2v) is 9.00. The van der Waals surface area contributed by atoms with Crippen LogP contribution in [-0.4, -0.2) is 46.8 Å². The first-order valence-electron chi connectivity index (χ1n) is 12.2. The lowest BCUT2D eigenvalue weighted by Gasteiger charge is -2.27. The van der Waals surface area contributed by atoms with Crippen molar-refractivity contribution in [3.05, 3.63) is 95.1 Å². The Morgan fingerprint density at radius 3 is 2.49 bits per heavy atom. The largest absolute Gasteiger partial charge is 0.481 e. The predicted octanol–water partition coefficient (Wildman–Crippen LogP) is 3.87. The van der Waals surface area contributed by atoms with Crippen molar-refractivity contribution < 1.29 is 19.5 Å². The van der Waals surface area contributed by atoms with Crippen LogP contribution in [0.25, 0.3) is 0 Å². The molecular formula is C28H27N5O4. The number of nitrogens with zero attached hydrogens (tertiary/aromatic N) is 2. The van der Waals surface area contributed by atoms with Crippen molar-refractivity contribution >= 4 is 35.1 Å². The Morgan fingerprint density at radius 2 is 1.78 bits per heavy atom. The molecule has 0 radical (unpaired) electrons. The number of carboxylic acids is 1. The minimum atomic E-state index is -0.977. The SMILES string of the molecule is O=C(O)CC(c1ccccc1)N1Cc2ccc(NC(=O)c3ccc(NC4=NCCCN4)cc3)cc2C1=O.